The topological polar surface area (TPSA) is 43.4 Å². The van der Waals surface area contributed by atoms with Crippen LogP contribution in [-0.2, 0) is 14.3 Å². The van der Waals surface area contributed by atoms with Gasteiger partial charge < -0.3 is 0 Å². The molecule has 96 valence electrons. The highest BCUT2D eigenvalue weighted by Crippen LogP contribution is 2.43. The lowest BCUT2D eigenvalue weighted by atomic mass is 9.95. The fourth-order valence-electron chi connectivity index (χ4n) is 2.92. The minimum Gasteiger partial charge on any atom is -0.266 e. The number of hydrogen-bond donors (Lipinski definition) is 0. The van der Waals surface area contributed by atoms with Crippen molar-refractivity contribution in [3.8, 4) is 0 Å². The van der Waals surface area contributed by atoms with Crippen molar-refractivity contribution in [2.45, 2.75) is 17.7 Å². The van der Waals surface area contributed by atoms with Crippen LogP contribution in [-0.4, -0.2) is 15.0 Å². The van der Waals surface area contributed by atoms with Crippen LogP contribution in [0.2, 0.25) is 0 Å². The summed E-state index contributed by atoms with van der Waals surface area (Å²) in [6, 6.07) is 8.33. The van der Waals surface area contributed by atoms with Crippen LogP contribution >= 0.6 is 0 Å². The number of benzene rings is 1. The van der Waals surface area contributed by atoms with Crippen LogP contribution in [0.25, 0.3) is 0 Å². The van der Waals surface area contributed by atoms with Crippen LogP contribution in [0.4, 0.5) is 0 Å². The van der Waals surface area contributed by atoms with E-state index in [0.717, 1.165) is 6.42 Å². The highest BCUT2D eigenvalue weighted by Gasteiger charge is 2.36. The quantitative estimate of drug-likeness (QED) is 0.620. The van der Waals surface area contributed by atoms with Crippen molar-refractivity contribution in [3.05, 3.63) is 42.5 Å². The summed E-state index contributed by atoms with van der Waals surface area (Å²) in [6.07, 6.45) is 6.68. The lowest BCUT2D eigenvalue weighted by Gasteiger charge is -2.17. The molecule has 0 saturated heterocycles. The van der Waals surface area contributed by atoms with E-state index in [9.17, 15) is 8.42 Å². The predicted molar refractivity (Wildman–Crippen MR) is 68.4 cm³/mol. The second-order valence-electron chi connectivity index (χ2n) is 5.09. The molecular formula is C14H16O3S. The summed E-state index contributed by atoms with van der Waals surface area (Å²) < 4.78 is 29.1. The summed E-state index contributed by atoms with van der Waals surface area (Å²) in [5.74, 6) is 1.52. The van der Waals surface area contributed by atoms with Crippen LogP contribution in [0, 0.1) is 17.8 Å². The van der Waals surface area contributed by atoms with E-state index in [-0.39, 0.29) is 4.90 Å². The molecule has 0 aromatic heterocycles. The Morgan fingerprint density at radius 3 is 2.50 bits per heavy atom. The fraction of sp³-hybridized carbons (Fsp3) is 0.429. The largest absolute Gasteiger partial charge is 0.296 e. The molecule has 1 saturated carbocycles. The number of fused-ring (bicyclic) bond motifs is 2. The minimum absolute atomic E-state index is 0.240. The summed E-state index contributed by atoms with van der Waals surface area (Å²) in [5, 5.41) is 0. The van der Waals surface area contributed by atoms with E-state index in [1.165, 1.54) is 6.42 Å². The summed E-state index contributed by atoms with van der Waals surface area (Å²) in [4.78, 5) is 0.240. The molecular weight excluding hydrogens is 248 g/mol. The van der Waals surface area contributed by atoms with Crippen LogP contribution < -0.4 is 0 Å². The van der Waals surface area contributed by atoms with Gasteiger partial charge in [0.1, 0.15) is 0 Å². The van der Waals surface area contributed by atoms with Gasteiger partial charge in [-0.3, -0.25) is 4.18 Å². The van der Waals surface area contributed by atoms with Gasteiger partial charge in [-0.15, -0.1) is 0 Å². The van der Waals surface area contributed by atoms with Gasteiger partial charge in [-0.25, -0.2) is 0 Å². The molecule has 3 rings (SSSR count). The molecule has 0 spiro atoms. The average molecular weight is 264 g/mol. The molecule has 18 heavy (non-hydrogen) atoms. The van der Waals surface area contributed by atoms with Gasteiger partial charge in [-0.1, -0.05) is 30.4 Å². The summed E-state index contributed by atoms with van der Waals surface area (Å²) in [7, 11) is -3.59. The van der Waals surface area contributed by atoms with Crippen molar-refractivity contribution in [2.24, 2.45) is 17.8 Å². The van der Waals surface area contributed by atoms with Gasteiger partial charge in [0.2, 0.25) is 0 Å². The Morgan fingerprint density at radius 2 is 1.89 bits per heavy atom. The average Bonchev–Trinajstić information content (AvgIpc) is 3.00. The van der Waals surface area contributed by atoms with Gasteiger partial charge in [-0.05, 0) is 42.7 Å². The van der Waals surface area contributed by atoms with Crippen LogP contribution in [0.5, 0.6) is 0 Å². The molecule has 3 atom stereocenters. The first-order valence-electron chi connectivity index (χ1n) is 6.28. The van der Waals surface area contributed by atoms with Crippen molar-refractivity contribution >= 4 is 10.1 Å². The van der Waals surface area contributed by atoms with E-state index < -0.39 is 10.1 Å². The third-order valence-electron chi connectivity index (χ3n) is 3.89. The second-order valence-corrected chi connectivity index (χ2v) is 6.71. The molecule has 0 aliphatic heterocycles. The number of allylic oxidation sites excluding steroid dienone is 2. The maximum absolute atomic E-state index is 12.0. The fourth-order valence-corrected chi connectivity index (χ4v) is 3.90. The maximum atomic E-state index is 12.0. The molecule has 0 amide bonds. The Bertz CT molecular complexity index is 548. The first kappa shape index (κ1) is 11.9. The van der Waals surface area contributed by atoms with Crippen molar-refractivity contribution in [3.63, 3.8) is 0 Å². The predicted octanol–water partition coefficient (Wildman–Crippen LogP) is 2.60. The van der Waals surface area contributed by atoms with E-state index in [1.807, 2.05) is 0 Å². The zero-order valence-corrected chi connectivity index (χ0v) is 10.8. The molecule has 0 radical (unpaired) electrons. The highest BCUT2D eigenvalue weighted by molar-refractivity contribution is 7.86. The van der Waals surface area contributed by atoms with Gasteiger partial charge in [0.05, 0.1) is 11.5 Å². The number of rotatable bonds is 4. The zero-order chi connectivity index (χ0) is 12.6. The molecule has 1 fully saturated rings. The first-order chi connectivity index (χ1) is 8.65. The first-order valence-corrected chi connectivity index (χ1v) is 7.69. The van der Waals surface area contributed by atoms with E-state index in [4.69, 9.17) is 4.18 Å². The van der Waals surface area contributed by atoms with Gasteiger partial charge in [0.15, 0.2) is 0 Å². The highest BCUT2D eigenvalue weighted by atomic mass is 32.2. The second kappa shape index (κ2) is 4.52. The van der Waals surface area contributed by atoms with Gasteiger partial charge in [0.25, 0.3) is 10.1 Å². The Morgan fingerprint density at radius 1 is 1.11 bits per heavy atom. The molecule has 4 heteroatoms. The third kappa shape index (κ3) is 2.22. The van der Waals surface area contributed by atoms with Crippen molar-refractivity contribution < 1.29 is 12.6 Å². The van der Waals surface area contributed by atoms with Gasteiger partial charge >= 0.3 is 0 Å². The molecule has 1 aromatic carbocycles. The van der Waals surface area contributed by atoms with Gasteiger partial charge in [-0.2, -0.15) is 8.42 Å². The normalized spacial score (nSPS) is 29.9. The standard InChI is InChI=1S/C14H16O3S/c15-18(16,14-4-2-1-3-5-14)17-10-13-9-11-6-7-12(13)8-11/h1-7,11-13H,8-10H2. The van der Waals surface area contributed by atoms with E-state index in [1.54, 1.807) is 30.3 Å². The summed E-state index contributed by atoms with van der Waals surface area (Å²) in [6.45, 7) is 0.308. The summed E-state index contributed by atoms with van der Waals surface area (Å²) >= 11 is 0. The van der Waals surface area contributed by atoms with Crippen LogP contribution in [0.3, 0.4) is 0 Å². The van der Waals surface area contributed by atoms with Crippen molar-refractivity contribution in [2.75, 3.05) is 6.61 Å². The molecule has 2 aliphatic carbocycles. The van der Waals surface area contributed by atoms with E-state index in [2.05, 4.69) is 12.2 Å². The smallest absolute Gasteiger partial charge is 0.266 e. The molecule has 1 aromatic rings. The lowest BCUT2D eigenvalue weighted by molar-refractivity contribution is 0.233. The summed E-state index contributed by atoms with van der Waals surface area (Å²) in [5.41, 5.74) is 0. The Labute approximate surface area is 108 Å². The molecule has 3 nitrogen and oxygen atoms in total. The lowest BCUT2D eigenvalue weighted by Crippen LogP contribution is -2.18. The molecule has 3 unspecified atom stereocenters. The van der Waals surface area contributed by atoms with Crippen LogP contribution in [0.15, 0.2) is 47.4 Å². The Kier molecular flexibility index (Phi) is 2.99. The van der Waals surface area contributed by atoms with Gasteiger partial charge in [0, 0.05) is 0 Å². The molecule has 0 N–H and O–H groups in total. The van der Waals surface area contributed by atoms with E-state index in [0.29, 0.717) is 24.4 Å². The Balaban J connectivity index is 1.65. The van der Waals surface area contributed by atoms with Crippen molar-refractivity contribution in [1.29, 1.82) is 0 Å². The Hall–Kier alpha value is -1.13. The number of hydrogen-bond acceptors (Lipinski definition) is 3. The molecule has 2 bridgehead atoms. The zero-order valence-electron chi connectivity index (χ0n) is 10.0. The molecule has 2 aliphatic rings. The van der Waals surface area contributed by atoms with Crippen molar-refractivity contribution in [1.82, 2.24) is 0 Å². The van der Waals surface area contributed by atoms with E-state index >= 15 is 0 Å². The monoisotopic (exact) mass is 264 g/mol. The SMILES string of the molecule is O=S(=O)(OCC1CC2C=CC1C2)c1ccccc1. The maximum Gasteiger partial charge on any atom is 0.296 e. The minimum atomic E-state index is -3.59. The third-order valence-corrected chi connectivity index (χ3v) is 5.18. The molecule has 0 heterocycles. The van der Waals surface area contributed by atoms with Crippen LogP contribution in [0.1, 0.15) is 12.8 Å².